The maximum Gasteiger partial charge on any atom is 0.231 e. The summed E-state index contributed by atoms with van der Waals surface area (Å²) >= 11 is 0. The van der Waals surface area contributed by atoms with Crippen LogP contribution in [-0.2, 0) is 11.2 Å². The van der Waals surface area contributed by atoms with Gasteiger partial charge in [0.05, 0.1) is 25.5 Å². The standard InChI is InChI=1S/C25H30FN5O2/c1-18(19-6-8-20(9-7-19)22-4-2-3-5-23(22)26)16-21-17-24(33-30-21)29-25(27)28-10-11-31-12-14-32-15-13-31/h2-9,17-18H,10-16H2,1H3,(H3,27,28,29). The molecule has 0 aliphatic carbocycles. The van der Waals surface area contributed by atoms with Crippen molar-refractivity contribution in [2.75, 3.05) is 44.7 Å². The van der Waals surface area contributed by atoms with E-state index in [9.17, 15) is 4.39 Å². The van der Waals surface area contributed by atoms with Crippen molar-refractivity contribution in [1.82, 2.24) is 10.1 Å². The molecule has 33 heavy (non-hydrogen) atoms. The molecule has 1 fully saturated rings. The molecule has 1 saturated heterocycles. The number of benzene rings is 2. The van der Waals surface area contributed by atoms with E-state index in [2.05, 4.69) is 27.3 Å². The normalized spacial score (nSPS) is 16.0. The van der Waals surface area contributed by atoms with E-state index in [-0.39, 0.29) is 11.7 Å². The number of hydrogen-bond donors (Lipinski definition) is 2. The molecule has 0 amide bonds. The van der Waals surface area contributed by atoms with Gasteiger partial charge in [0.25, 0.3) is 0 Å². The number of nitrogens with zero attached hydrogens (tertiary/aromatic N) is 3. The third-order valence-electron chi connectivity index (χ3n) is 5.79. The van der Waals surface area contributed by atoms with Crippen LogP contribution in [0.15, 0.2) is 64.1 Å². The molecule has 8 heteroatoms. The zero-order chi connectivity index (χ0) is 23.0. The Kier molecular flexibility index (Phi) is 7.70. The summed E-state index contributed by atoms with van der Waals surface area (Å²) in [6, 6.07) is 16.6. The smallest absolute Gasteiger partial charge is 0.231 e. The van der Waals surface area contributed by atoms with Gasteiger partial charge in [-0.2, -0.15) is 0 Å². The van der Waals surface area contributed by atoms with Crippen LogP contribution >= 0.6 is 0 Å². The summed E-state index contributed by atoms with van der Waals surface area (Å²) in [6.07, 6.45) is 0.707. The van der Waals surface area contributed by atoms with Crippen LogP contribution < -0.4 is 11.1 Å². The van der Waals surface area contributed by atoms with Gasteiger partial charge in [-0.25, -0.2) is 4.39 Å². The van der Waals surface area contributed by atoms with Gasteiger partial charge in [-0.15, -0.1) is 0 Å². The molecule has 1 aliphatic heterocycles. The number of morpholine rings is 1. The molecular weight excluding hydrogens is 421 g/mol. The molecule has 1 aromatic heterocycles. The van der Waals surface area contributed by atoms with E-state index in [1.165, 1.54) is 6.07 Å². The third-order valence-corrected chi connectivity index (χ3v) is 5.79. The largest absolute Gasteiger partial charge is 0.379 e. The summed E-state index contributed by atoms with van der Waals surface area (Å²) < 4.78 is 24.7. The molecule has 1 unspecified atom stereocenters. The van der Waals surface area contributed by atoms with Crippen LogP contribution in [0.1, 0.15) is 24.1 Å². The third kappa shape index (κ3) is 6.40. The van der Waals surface area contributed by atoms with E-state index in [0.717, 1.165) is 49.7 Å². The quantitative estimate of drug-likeness (QED) is 0.399. The highest BCUT2D eigenvalue weighted by atomic mass is 19.1. The molecule has 7 nitrogen and oxygen atoms in total. The summed E-state index contributed by atoms with van der Waals surface area (Å²) in [5.41, 5.74) is 9.42. The van der Waals surface area contributed by atoms with Gasteiger partial charge in [-0.05, 0) is 29.5 Å². The Hall–Kier alpha value is -3.23. The van der Waals surface area contributed by atoms with Crippen molar-refractivity contribution >= 4 is 11.8 Å². The summed E-state index contributed by atoms with van der Waals surface area (Å²) in [5, 5.41) is 7.11. The molecule has 4 rings (SSSR count). The lowest BCUT2D eigenvalue weighted by atomic mass is 9.94. The minimum Gasteiger partial charge on any atom is -0.379 e. The molecule has 174 valence electrons. The Balaban J connectivity index is 1.28. The highest BCUT2D eigenvalue weighted by Gasteiger charge is 2.13. The first-order valence-electron chi connectivity index (χ1n) is 11.3. The first-order chi connectivity index (χ1) is 16.1. The number of hydrogen-bond acceptors (Lipinski definition) is 5. The van der Waals surface area contributed by atoms with Crippen LogP contribution in [0.5, 0.6) is 0 Å². The lowest BCUT2D eigenvalue weighted by Gasteiger charge is -2.25. The van der Waals surface area contributed by atoms with Crippen LogP contribution in [0.3, 0.4) is 0 Å². The number of guanidine groups is 1. The predicted molar refractivity (Wildman–Crippen MR) is 128 cm³/mol. The molecule has 3 aromatic rings. The number of aliphatic imine (C=N–C) groups is 1. The van der Waals surface area contributed by atoms with Crippen LogP contribution in [0.4, 0.5) is 10.3 Å². The monoisotopic (exact) mass is 451 g/mol. The highest BCUT2D eigenvalue weighted by Crippen LogP contribution is 2.26. The van der Waals surface area contributed by atoms with E-state index < -0.39 is 0 Å². The fourth-order valence-electron chi connectivity index (χ4n) is 3.89. The number of ether oxygens (including phenoxy) is 1. The molecule has 0 radical (unpaired) electrons. The zero-order valence-electron chi connectivity index (χ0n) is 18.8. The SMILES string of the molecule is CC(Cc1cc(NC(N)=NCCN2CCOCC2)on1)c1ccc(-c2ccccc2F)cc1. The average Bonchev–Trinajstić information content (AvgIpc) is 3.26. The van der Waals surface area contributed by atoms with E-state index in [4.69, 9.17) is 15.0 Å². The van der Waals surface area contributed by atoms with Gasteiger partial charge in [-0.1, -0.05) is 54.5 Å². The molecule has 2 aromatic carbocycles. The van der Waals surface area contributed by atoms with Crippen LogP contribution in [0.2, 0.25) is 0 Å². The van der Waals surface area contributed by atoms with Gasteiger partial charge in [0, 0.05) is 31.3 Å². The highest BCUT2D eigenvalue weighted by molar-refractivity contribution is 5.90. The first kappa shape index (κ1) is 22.9. The molecule has 2 heterocycles. The van der Waals surface area contributed by atoms with Gasteiger partial charge in [0.15, 0.2) is 5.96 Å². The number of aromatic nitrogens is 1. The Labute approximate surface area is 193 Å². The van der Waals surface area contributed by atoms with Gasteiger partial charge < -0.3 is 15.0 Å². The predicted octanol–water partition coefficient (Wildman–Crippen LogP) is 3.89. The number of rotatable bonds is 8. The number of anilines is 1. The van der Waals surface area contributed by atoms with Crippen molar-refractivity contribution < 1.29 is 13.7 Å². The Bertz CT molecular complexity index is 1060. The fourth-order valence-corrected chi connectivity index (χ4v) is 3.89. The zero-order valence-corrected chi connectivity index (χ0v) is 18.8. The maximum absolute atomic E-state index is 14.0. The molecule has 1 aliphatic rings. The summed E-state index contributed by atoms with van der Waals surface area (Å²) in [4.78, 5) is 6.66. The summed E-state index contributed by atoms with van der Waals surface area (Å²) in [6.45, 7) is 6.98. The summed E-state index contributed by atoms with van der Waals surface area (Å²) in [7, 11) is 0. The van der Waals surface area contributed by atoms with Crippen LogP contribution in [0, 0.1) is 5.82 Å². The van der Waals surface area contributed by atoms with E-state index >= 15 is 0 Å². The average molecular weight is 452 g/mol. The molecule has 0 saturated carbocycles. The van der Waals surface area contributed by atoms with Crippen molar-refractivity contribution in [3.05, 3.63) is 71.7 Å². The second-order valence-electron chi connectivity index (χ2n) is 8.24. The van der Waals surface area contributed by atoms with Gasteiger partial charge in [0.1, 0.15) is 5.82 Å². The van der Waals surface area contributed by atoms with Gasteiger partial charge in [-0.3, -0.25) is 15.2 Å². The van der Waals surface area contributed by atoms with Crippen LogP contribution in [0.25, 0.3) is 11.1 Å². The Morgan fingerprint density at radius 3 is 2.70 bits per heavy atom. The number of nitrogens with one attached hydrogen (secondary N) is 1. The Morgan fingerprint density at radius 1 is 1.18 bits per heavy atom. The van der Waals surface area contributed by atoms with Gasteiger partial charge >= 0.3 is 0 Å². The van der Waals surface area contributed by atoms with Crippen molar-refractivity contribution in [3.63, 3.8) is 0 Å². The molecular formula is C25H30FN5O2. The number of nitrogens with two attached hydrogens (primary N) is 1. The topological polar surface area (TPSA) is 88.9 Å². The van der Waals surface area contributed by atoms with Crippen molar-refractivity contribution in [2.45, 2.75) is 19.3 Å². The lowest BCUT2D eigenvalue weighted by molar-refractivity contribution is 0.0394. The van der Waals surface area contributed by atoms with Crippen molar-refractivity contribution in [2.24, 2.45) is 10.7 Å². The second-order valence-corrected chi connectivity index (χ2v) is 8.24. The van der Waals surface area contributed by atoms with Crippen LogP contribution in [-0.4, -0.2) is 55.4 Å². The minimum atomic E-state index is -0.218. The molecule has 3 N–H and O–H groups in total. The number of halogens is 1. The maximum atomic E-state index is 14.0. The second kappa shape index (κ2) is 11.1. The van der Waals surface area contributed by atoms with E-state index in [1.54, 1.807) is 12.1 Å². The van der Waals surface area contributed by atoms with Crippen molar-refractivity contribution in [3.8, 4) is 11.1 Å². The Morgan fingerprint density at radius 2 is 1.94 bits per heavy atom. The lowest BCUT2D eigenvalue weighted by Crippen LogP contribution is -2.38. The molecule has 1 atom stereocenters. The van der Waals surface area contributed by atoms with E-state index in [0.29, 0.717) is 30.4 Å². The first-order valence-corrected chi connectivity index (χ1v) is 11.3. The fraction of sp³-hybridized carbons (Fsp3) is 0.360. The van der Waals surface area contributed by atoms with Gasteiger partial charge in [0.2, 0.25) is 5.88 Å². The van der Waals surface area contributed by atoms with E-state index in [1.807, 2.05) is 36.4 Å². The summed E-state index contributed by atoms with van der Waals surface area (Å²) in [5.74, 6) is 0.782. The van der Waals surface area contributed by atoms with Crippen molar-refractivity contribution in [1.29, 1.82) is 0 Å². The molecule has 0 spiro atoms. The minimum absolute atomic E-state index is 0.218. The molecule has 0 bridgehead atoms.